The van der Waals surface area contributed by atoms with E-state index in [0.29, 0.717) is 0 Å². The number of methoxy groups -OCH3 is 1. The molecule has 0 spiro atoms. The first-order valence-corrected chi connectivity index (χ1v) is 3.90. The topological polar surface area (TPSA) is 12.5 Å². The Morgan fingerprint density at radius 2 is 2.25 bits per heavy atom. The number of ether oxygens (including phenoxy) is 1. The van der Waals surface area contributed by atoms with Gasteiger partial charge in [-0.3, -0.25) is 0 Å². The van der Waals surface area contributed by atoms with Crippen LogP contribution >= 0.6 is 0 Å². The molecule has 0 saturated heterocycles. The molecule has 0 saturated carbocycles. The first-order valence-electron chi connectivity index (χ1n) is 3.90. The van der Waals surface area contributed by atoms with Crippen molar-refractivity contribution < 1.29 is 4.74 Å². The van der Waals surface area contributed by atoms with E-state index in [1.807, 2.05) is 24.1 Å². The minimum atomic E-state index is 0.720. The Morgan fingerprint density at radius 3 is 2.75 bits per heavy atom. The molecule has 0 rings (SSSR count). The molecule has 0 amide bonds. The maximum Gasteiger partial charge on any atom is 0.0637 e. The first kappa shape index (κ1) is 11.0. The third-order valence-corrected chi connectivity index (χ3v) is 1.55. The smallest absolute Gasteiger partial charge is 0.0637 e. The van der Waals surface area contributed by atoms with Gasteiger partial charge in [-0.1, -0.05) is 25.3 Å². The van der Waals surface area contributed by atoms with Crippen molar-refractivity contribution in [2.24, 2.45) is 0 Å². The van der Waals surface area contributed by atoms with Crippen molar-refractivity contribution >= 4 is 0 Å². The summed E-state index contributed by atoms with van der Waals surface area (Å²) in [5.74, 6) is 0. The fourth-order valence-electron chi connectivity index (χ4n) is 0.678. The van der Waals surface area contributed by atoms with E-state index in [4.69, 9.17) is 4.74 Å². The fraction of sp³-hybridized carbons (Fsp3) is 0.400. The third kappa shape index (κ3) is 4.74. The Bertz CT molecular complexity index is 173. The summed E-state index contributed by atoms with van der Waals surface area (Å²) in [5.41, 5.74) is 0.965. The van der Waals surface area contributed by atoms with Crippen molar-refractivity contribution in [1.29, 1.82) is 0 Å². The number of nitrogens with zero attached hydrogens (tertiary/aromatic N) is 1. The lowest BCUT2D eigenvalue weighted by molar-refractivity contribution is 0.175. The highest BCUT2D eigenvalue weighted by Gasteiger charge is 1.95. The van der Waals surface area contributed by atoms with E-state index in [1.165, 1.54) is 0 Å². The lowest BCUT2D eigenvalue weighted by atomic mass is 10.3. The van der Waals surface area contributed by atoms with Crippen LogP contribution in [0, 0.1) is 0 Å². The van der Waals surface area contributed by atoms with Crippen LogP contribution in [-0.4, -0.2) is 32.2 Å². The number of allylic oxidation sites excluding steroid dienone is 3. The zero-order chi connectivity index (χ0) is 9.40. The first-order chi connectivity index (χ1) is 5.72. The Kier molecular flexibility index (Phi) is 6.11. The van der Waals surface area contributed by atoms with E-state index in [1.54, 1.807) is 13.2 Å². The van der Waals surface area contributed by atoms with Gasteiger partial charge in [-0.15, -0.1) is 0 Å². The fourth-order valence-corrected chi connectivity index (χ4v) is 0.678. The zero-order valence-corrected chi connectivity index (χ0v) is 7.92. The summed E-state index contributed by atoms with van der Waals surface area (Å²) in [6.45, 7) is 9.04. The van der Waals surface area contributed by atoms with E-state index < -0.39 is 0 Å². The second-order valence-electron chi connectivity index (χ2n) is 2.50. The van der Waals surface area contributed by atoms with Crippen LogP contribution in [-0.2, 0) is 4.74 Å². The van der Waals surface area contributed by atoms with E-state index in [0.717, 1.165) is 18.8 Å². The molecule has 68 valence electrons. The summed E-state index contributed by atoms with van der Waals surface area (Å²) in [5, 5.41) is 0. The van der Waals surface area contributed by atoms with E-state index in [-0.39, 0.29) is 0 Å². The van der Waals surface area contributed by atoms with Crippen molar-refractivity contribution in [3.05, 3.63) is 37.1 Å². The van der Waals surface area contributed by atoms with Crippen LogP contribution in [0.25, 0.3) is 0 Å². The zero-order valence-electron chi connectivity index (χ0n) is 7.92. The Morgan fingerprint density at radius 1 is 1.58 bits per heavy atom. The van der Waals surface area contributed by atoms with Gasteiger partial charge in [0.15, 0.2) is 0 Å². The third-order valence-electron chi connectivity index (χ3n) is 1.55. The SMILES string of the molecule is C=C/C=C\C(=C)N(C)CCOC. The van der Waals surface area contributed by atoms with E-state index in [2.05, 4.69) is 13.2 Å². The average Bonchev–Trinajstić information content (AvgIpc) is 2.10. The molecular weight excluding hydrogens is 150 g/mol. The molecule has 0 atom stereocenters. The standard InChI is InChI=1S/C10H17NO/c1-5-6-7-10(2)11(3)8-9-12-4/h5-7H,1-2,8-9H2,3-4H3/b7-6-. The number of hydrogen-bond donors (Lipinski definition) is 0. The molecule has 0 heterocycles. The van der Waals surface area contributed by atoms with Crippen LogP contribution in [0.3, 0.4) is 0 Å². The average molecular weight is 167 g/mol. The summed E-state index contributed by atoms with van der Waals surface area (Å²) in [6, 6.07) is 0. The lowest BCUT2D eigenvalue weighted by Gasteiger charge is -2.18. The monoisotopic (exact) mass is 167 g/mol. The summed E-state index contributed by atoms with van der Waals surface area (Å²) in [6.07, 6.45) is 5.52. The van der Waals surface area contributed by atoms with Crippen molar-refractivity contribution in [2.75, 3.05) is 27.3 Å². The summed E-state index contributed by atoms with van der Waals surface area (Å²) >= 11 is 0. The summed E-state index contributed by atoms with van der Waals surface area (Å²) < 4.78 is 4.94. The second-order valence-corrected chi connectivity index (χ2v) is 2.50. The van der Waals surface area contributed by atoms with Crippen LogP contribution in [0.2, 0.25) is 0 Å². The molecule has 2 heteroatoms. The van der Waals surface area contributed by atoms with Gasteiger partial charge < -0.3 is 9.64 Å². The molecule has 0 aromatic rings. The Hall–Kier alpha value is -1.02. The highest BCUT2D eigenvalue weighted by molar-refractivity contribution is 5.16. The van der Waals surface area contributed by atoms with Gasteiger partial charge in [-0.25, -0.2) is 0 Å². The molecule has 2 nitrogen and oxygen atoms in total. The maximum atomic E-state index is 4.94. The van der Waals surface area contributed by atoms with Gasteiger partial charge in [0.2, 0.25) is 0 Å². The normalized spacial score (nSPS) is 10.2. The largest absolute Gasteiger partial charge is 0.383 e. The highest BCUT2D eigenvalue weighted by atomic mass is 16.5. The molecular formula is C10H17NO. The van der Waals surface area contributed by atoms with Gasteiger partial charge in [0.05, 0.1) is 6.61 Å². The number of likely N-dealkylation sites (N-methyl/N-ethyl adjacent to an activating group) is 1. The lowest BCUT2D eigenvalue weighted by Crippen LogP contribution is -2.20. The van der Waals surface area contributed by atoms with Crippen molar-refractivity contribution in [3.8, 4) is 0 Å². The summed E-state index contributed by atoms with van der Waals surface area (Å²) in [7, 11) is 3.67. The molecule has 0 aliphatic heterocycles. The van der Waals surface area contributed by atoms with Crippen LogP contribution in [0.15, 0.2) is 37.1 Å². The highest BCUT2D eigenvalue weighted by Crippen LogP contribution is 1.99. The van der Waals surface area contributed by atoms with E-state index >= 15 is 0 Å². The molecule has 0 unspecified atom stereocenters. The van der Waals surface area contributed by atoms with Crippen molar-refractivity contribution in [1.82, 2.24) is 4.90 Å². The number of rotatable bonds is 6. The molecule has 0 aliphatic carbocycles. The molecule has 0 radical (unpaired) electrons. The van der Waals surface area contributed by atoms with E-state index in [9.17, 15) is 0 Å². The molecule has 0 aliphatic rings. The molecule has 0 aromatic carbocycles. The van der Waals surface area contributed by atoms with Gasteiger partial charge >= 0.3 is 0 Å². The van der Waals surface area contributed by atoms with Gasteiger partial charge in [0, 0.05) is 26.4 Å². The molecule has 0 aromatic heterocycles. The van der Waals surface area contributed by atoms with Gasteiger partial charge in [-0.2, -0.15) is 0 Å². The predicted octanol–water partition coefficient (Wildman–Crippen LogP) is 1.82. The van der Waals surface area contributed by atoms with Gasteiger partial charge in [-0.05, 0) is 6.08 Å². The minimum absolute atomic E-state index is 0.720. The minimum Gasteiger partial charge on any atom is -0.383 e. The molecule has 0 bridgehead atoms. The Labute approximate surface area is 74.8 Å². The van der Waals surface area contributed by atoms with Crippen molar-refractivity contribution in [2.45, 2.75) is 0 Å². The molecule has 0 fully saturated rings. The van der Waals surface area contributed by atoms with Gasteiger partial charge in [0.1, 0.15) is 0 Å². The molecule has 12 heavy (non-hydrogen) atoms. The van der Waals surface area contributed by atoms with Crippen LogP contribution in [0.5, 0.6) is 0 Å². The Balaban J connectivity index is 3.76. The van der Waals surface area contributed by atoms with Crippen molar-refractivity contribution in [3.63, 3.8) is 0 Å². The number of hydrogen-bond acceptors (Lipinski definition) is 2. The maximum absolute atomic E-state index is 4.94. The van der Waals surface area contributed by atoms with Crippen LogP contribution in [0.1, 0.15) is 0 Å². The van der Waals surface area contributed by atoms with Crippen LogP contribution in [0.4, 0.5) is 0 Å². The van der Waals surface area contributed by atoms with Crippen LogP contribution < -0.4 is 0 Å². The quantitative estimate of drug-likeness (QED) is 0.559. The predicted molar refractivity (Wildman–Crippen MR) is 53.0 cm³/mol. The van der Waals surface area contributed by atoms with Gasteiger partial charge in [0.25, 0.3) is 0 Å². The summed E-state index contributed by atoms with van der Waals surface area (Å²) in [4.78, 5) is 2.03. The molecule has 0 N–H and O–H groups in total. The second kappa shape index (κ2) is 6.68.